The summed E-state index contributed by atoms with van der Waals surface area (Å²) >= 11 is 0. The van der Waals surface area contributed by atoms with Crippen LogP contribution in [-0.4, -0.2) is 0 Å². The summed E-state index contributed by atoms with van der Waals surface area (Å²) in [6.45, 7) is 4.43. The van der Waals surface area contributed by atoms with Crippen LogP contribution in [-0.2, 0) is 39.0 Å². The summed E-state index contributed by atoms with van der Waals surface area (Å²) in [5.74, 6) is 0. The van der Waals surface area contributed by atoms with Crippen LogP contribution in [0, 0.1) is 0 Å². The van der Waals surface area contributed by atoms with Gasteiger partial charge in [0.05, 0.1) is 0 Å². The summed E-state index contributed by atoms with van der Waals surface area (Å²) in [6.07, 6.45) is 2.26. The molecule has 0 N–H and O–H groups in total. The second kappa shape index (κ2) is 4.98. The Kier molecular flexibility index (Phi) is 4.19. The molecule has 1 heteroatoms. The predicted molar refractivity (Wildman–Crippen MR) is 58.3 cm³/mol. The van der Waals surface area contributed by atoms with Crippen molar-refractivity contribution >= 4 is 10.8 Å². The molecule has 14 heavy (non-hydrogen) atoms. The monoisotopic (exact) mass is 261 g/mol. The van der Waals surface area contributed by atoms with Gasteiger partial charge in [-0.25, -0.2) is 0 Å². The van der Waals surface area contributed by atoms with Gasteiger partial charge < -0.3 is 0 Å². The molecule has 0 amide bonds. The number of fused-ring (bicyclic) bond motifs is 1. The number of benzene rings is 1. The van der Waals surface area contributed by atoms with Crippen LogP contribution in [0.25, 0.3) is 10.8 Å². The molecule has 2 rings (SSSR count). The quantitative estimate of drug-likeness (QED) is 0.724. The molecule has 0 spiro atoms. The molecule has 0 saturated heterocycles. The minimum absolute atomic E-state index is 0. The second-order valence-electron chi connectivity index (χ2n) is 3.44. The van der Waals surface area contributed by atoms with Crippen LogP contribution in [0.4, 0.5) is 0 Å². The van der Waals surface area contributed by atoms with Crippen LogP contribution in [0.2, 0.25) is 0 Å². The van der Waals surface area contributed by atoms with Crippen molar-refractivity contribution in [2.75, 3.05) is 0 Å². The molecule has 0 aliphatic carbocycles. The molecule has 0 aromatic heterocycles. The molecule has 0 bridgehead atoms. The van der Waals surface area contributed by atoms with Crippen LogP contribution in [0.1, 0.15) is 25.0 Å². The number of hydrogen-bond acceptors (Lipinski definition) is 0. The normalized spacial score (nSPS) is 10.1. The van der Waals surface area contributed by atoms with Gasteiger partial charge in [0.15, 0.2) is 0 Å². The van der Waals surface area contributed by atoms with Crippen LogP contribution >= 0.6 is 0 Å². The number of rotatable bonds is 2. The van der Waals surface area contributed by atoms with E-state index in [4.69, 9.17) is 0 Å². The first-order valence-corrected chi connectivity index (χ1v) is 5.03. The summed E-state index contributed by atoms with van der Waals surface area (Å²) < 4.78 is 0. The van der Waals surface area contributed by atoms with Crippen molar-refractivity contribution in [1.82, 2.24) is 0 Å². The van der Waals surface area contributed by atoms with E-state index in [1.165, 1.54) is 21.9 Å². The van der Waals surface area contributed by atoms with Gasteiger partial charge in [0.1, 0.15) is 0 Å². The molecule has 0 heterocycles. The van der Waals surface area contributed by atoms with Crippen LogP contribution in [0.5, 0.6) is 0 Å². The average molecular weight is 262 g/mol. The van der Waals surface area contributed by atoms with E-state index < -0.39 is 0 Å². The van der Waals surface area contributed by atoms with Gasteiger partial charge in [-0.1, -0.05) is 31.9 Å². The topological polar surface area (TPSA) is 0 Å². The molecule has 0 atom stereocenters. The van der Waals surface area contributed by atoms with Gasteiger partial charge in [0, 0.05) is 26.2 Å². The van der Waals surface area contributed by atoms with Gasteiger partial charge in [-0.05, 0) is 6.42 Å². The Hall–Kier alpha value is -0.287. The van der Waals surface area contributed by atoms with E-state index in [0.29, 0.717) is 0 Å². The molecule has 2 aromatic carbocycles. The first kappa shape index (κ1) is 11.8. The van der Waals surface area contributed by atoms with E-state index in [2.05, 4.69) is 44.2 Å². The zero-order valence-corrected chi connectivity index (χ0v) is 11.3. The van der Waals surface area contributed by atoms with Gasteiger partial charge in [-0.15, -0.1) is 28.5 Å². The minimum atomic E-state index is 0. The fourth-order valence-electron chi connectivity index (χ4n) is 1.98. The van der Waals surface area contributed by atoms with E-state index >= 15 is 0 Å². The molecular formula is C13H15Zr-. The SMILES string of the molecule is CCc1ccc(CC)c2[cH-]ccc12.[Zr]. The Morgan fingerprint density at radius 2 is 1.64 bits per heavy atom. The second-order valence-corrected chi connectivity index (χ2v) is 3.44. The Morgan fingerprint density at radius 3 is 2.29 bits per heavy atom. The zero-order chi connectivity index (χ0) is 9.26. The zero-order valence-electron chi connectivity index (χ0n) is 8.80. The molecule has 0 aliphatic heterocycles. The smallest absolute Gasteiger partial charge is 0 e. The predicted octanol–water partition coefficient (Wildman–Crippen LogP) is 3.68. The molecule has 0 aliphatic rings. The standard InChI is InChI=1S/C13H15.Zr/c1-3-10-8-9-11(4-2)13-7-5-6-12(10)13;/h5-9H,3-4H2,1-2H3;/q-1;. The van der Waals surface area contributed by atoms with Crippen molar-refractivity contribution < 1.29 is 26.2 Å². The molecule has 0 saturated carbocycles. The van der Waals surface area contributed by atoms with E-state index in [-0.39, 0.29) is 26.2 Å². The van der Waals surface area contributed by atoms with Crippen LogP contribution in [0.3, 0.4) is 0 Å². The molecule has 0 unspecified atom stereocenters. The van der Waals surface area contributed by atoms with Gasteiger partial charge >= 0.3 is 0 Å². The Labute approximate surface area is 105 Å². The largest absolute Gasteiger partial charge is 0.168 e. The molecule has 0 radical (unpaired) electrons. The van der Waals surface area contributed by atoms with Crippen molar-refractivity contribution in [1.29, 1.82) is 0 Å². The van der Waals surface area contributed by atoms with Crippen molar-refractivity contribution in [2.24, 2.45) is 0 Å². The van der Waals surface area contributed by atoms with E-state index in [1.54, 1.807) is 0 Å². The third-order valence-electron chi connectivity index (χ3n) is 2.76. The average Bonchev–Trinajstić information content (AvgIpc) is 2.64. The molecule has 72 valence electrons. The van der Waals surface area contributed by atoms with Crippen molar-refractivity contribution in [2.45, 2.75) is 26.7 Å². The van der Waals surface area contributed by atoms with Crippen LogP contribution in [0.15, 0.2) is 30.3 Å². The van der Waals surface area contributed by atoms with Gasteiger partial charge in [-0.2, -0.15) is 12.1 Å². The Balaban J connectivity index is 0.000000980. The number of hydrogen-bond donors (Lipinski definition) is 0. The summed E-state index contributed by atoms with van der Waals surface area (Å²) in [7, 11) is 0. The van der Waals surface area contributed by atoms with Gasteiger partial charge in [-0.3, -0.25) is 0 Å². The maximum atomic E-state index is 2.27. The van der Waals surface area contributed by atoms with Gasteiger partial charge in [0.25, 0.3) is 0 Å². The van der Waals surface area contributed by atoms with Crippen molar-refractivity contribution in [3.63, 3.8) is 0 Å². The third-order valence-corrected chi connectivity index (χ3v) is 2.76. The molecular weight excluding hydrogens is 247 g/mol. The van der Waals surface area contributed by atoms with E-state index in [1.807, 2.05) is 0 Å². The fourth-order valence-corrected chi connectivity index (χ4v) is 1.98. The third kappa shape index (κ3) is 1.88. The van der Waals surface area contributed by atoms with Gasteiger partial charge in [0.2, 0.25) is 0 Å². The summed E-state index contributed by atoms with van der Waals surface area (Å²) in [5.41, 5.74) is 2.94. The maximum Gasteiger partial charge on any atom is 0 e. The Bertz CT molecular complexity index is 374. The van der Waals surface area contributed by atoms with Crippen molar-refractivity contribution in [3.05, 3.63) is 41.5 Å². The van der Waals surface area contributed by atoms with Crippen LogP contribution < -0.4 is 0 Å². The minimum Gasteiger partial charge on any atom is -0.168 e. The number of aryl methyl sites for hydroxylation is 2. The molecule has 0 fully saturated rings. The first-order valence-electron chi connectivity index (χ1n) is 5.03. The summed E-state index contributed by atoms with van der Waals surface area (Å²) in [6, 6.07) is 11.1. The van der Waals surface area contributed by atoms with E-state index in [9.17, 15) is 0 Å². The Morgan fingerprint density at radius 1 is 1.00 bits per heavy atom. The molecule has 2 aromatic rings. The first-order chi connectivity index (χ1) is 6.36. The maximum absolute atomic E-state index is 2.27. The fraction of sp³-hybridized carbons (Fsp3) is 0.308. The molecule has 0 nitrogen and oxygen atoms in total. The van der Waals surface area contributed by atoms with E-state index in [0.717, 1.165) is 12.8 Å². The summed E-state index contributed by atoms with van der Waals surface area (Å²) in [5, 5.41) is 2.89. The van der Waals surface area contributed by atoms with Crippen molar-refractivity contribution in [3.8, 4) is 0 Å². The summed E-state index contributed by atoms with van der Waals surface area (Å²) in [4.78, 5) is 0.